The molecular weight excluding hydrogens is 414 g/mol. The van der Waals surface area contributed by atoms with Crippen molar-refractivity contribution in [2.24, 2.45) is 0 Å². The van der Waals surface area contributed by atoms with Crippen molar-refractivity contribution < 1.29 is 9.18 Å². The Kier molecular flexibility index (Phi) is 13.0. The summed E-state index contributed by atoms with van der Waals surface area (Å²) >= 11 is 0. The van der Waals surface area contributed by atoms with Gasteiger partial charge in [0.2, 0.25) is 5.91 Å². The third kappa shape index (κ3) is 8.00. The van der Waals surface area contributed by atoms with Crippen LogP contribution in [0.1, 0.15) is 19.3 Å². The SMILES string of the molecule is Cl.Cl.Cl.O=C(NCCN1CCN(c2ccc(F)cc2)CC1)C1CCCCN1. The Hall–Kier alpha value is -0.790. The number of piperazine rings is 1. The van der Waals surface area contributed by atoms with Gasteiger partial charge in [-0.15, -0.1) is 37.2 Å². The molecule has 5 nitrogen and oxygen atoms in total. The van der Waals surface area contributed by atoms with Crippen molar-refractivity contribution in [3.05, 3.63) is 30.1 Å². The Balaban J connectivity index is 0.00000225. The lowest BCUT2D eigenvalue weighted by Crippen LogP contribution is -2.51. The Morgan fingerprint density at radius 3 is 2.33 bits per heavy atom. The monoisotopic (exact) mass is 442 g/mol. The second kappa shape index (κ2) is 13.4. The van der Waals surface area contributed by atoms with Crippen LogP contribution in [0.5, 0.6) is 0 Å². The molecule has 3 rings (SSSR count). The summed E-state index contributed by atoms with van der Waals surface area (Å²) < 4.78 is 13.0. The lowest BCUT2D eigenvalue weighted by molar-refractivity contribution is -0.123. The maximum Gasteiger partial charge on any atom is 0.237 e. The van der Waals surface area contributed by atoms with Crippen LogP contribution in [0.2, 0.25) is 0 Å². The van der Waals surface area contributed by atoms with Gasteiger partial charge in [0.15, 0.2) is 0 Å². The maximum absolute atomic E-state index is 13.0. The van der Waals surface area contributed by atoms with Crippen molar-refractivity contribution in [1.82, 2.24) is 15.5 Å². The quantitative estimate of drug-likeness (QED) is 0.734. The molecule has 0 spiro atoms. The molecule has 27 heavy (non-hydrogen) atoms. The van der Waals surface area contributed by atoms with Crippen LogP contribution >= 0.6 is 37.2 Å². The topological polar surface area (TPSA) is 47.6 Å². The van der Waals surface area contributed by atoms with Crippen molar-refractivity contribution in [3.63, 3.8) is 0 Å². The molecule has 2 saturated heterocycles. The van der Waals surface area contributed by atoms with E-state index in [9.17, 15) is 9.18 Å². The number of hydrogen-bond donors (Lipinski definition) is 2. The van der Waals surface area contributed by atoms with Gasteiger partial charge >= 0.3 is 0 Å². The molecule has 2 aliphatic heterocycles. The van der Waals surface area contributed by atoms with Crippen LogP contribution < -0.4 is 15.5 Å². The van der Waals surface area contributed by atoms with Gasteiger partial charge in [0.05, 0.1) is 6.04 Å². The van der Waals surface area contributed by atoms with Crippen molar-refractivity contribution in [1.29, 1.82) is 0 Å². The predicted octanol–water partition coefficient (Wildman–Crippen LogP) is 2.47. The zero-order valence-electron chi connectivity index (χ0n) is 15.4. The van der Waals surface area contributed by atoms with Crippen molar-refractivity contribution in [2.75, 3.05) is 50.7 Å². The number of anilines is 1. The number of nitrogens with zero attached hydrogens (tertiary/aromatic N) is 2. The lowest BCUT2D eigenvalue weighted by Gasteiger charge is -2.36. The van der Waals surface area contributed by atoms with E-state index in [1.165, 1.54) is 18.6 Å². The van der Waals surface area contributed by atoms with Gasteiger partial charge in [-0.25, -0.2) is 4.39 Å². The summed E-state index contributed by atoms with van der Waals surface area (Å²) in [5.41, 5.74) is 1.08. The van der Waals surface area contributed by atoms with E-state index in [0.29, 0.717) is 6.54 Å². The average Bonchev–Trinajstić information content (AvgIpc) is 2.64. The molecule has 2 N–H and O–H groups in total. The highest BCUT2D eigenvalue weighted by atomic mass is 35.5. The molecular formula is C18H30Cl3FN4O. The highest BCUT2D eigenvalue weighted by Crippen LogP contribution is 2.16. The van der Waals surface area contributed by atoms with Crippen LogP contribution in [0, 0.1) is 5.82 Å². The molecule has 2 fully saturated rings. The number of piperidine rings is 1. The zero-order valence-corrected chi connectivity index (χ0v) is 17.8. The molecule has 2 heterocycles. The molecule has 2 aliphatic rings. The first-order valence-electron chi connectivity index (χ1n) is 8.96. The predicted molar refractivity (Wildman–Crippen MR) is 115 cm³/mol. The number of hydrogen-bond acceptors (Lipinski definition) is 4. The Labute approximate surface area is 179 Å². The van der Waals surface area contributed by atoms with Gasteiger partial charge in [-0.05, 0) is 43.7 Å². The summed E-state index contributed by atoms with van der Waals surface area (Å²) in [5.74, 6) is -0.0553. The standard InChI is InChI=1S/C18H27FN4O.3ClH/c19-15-4-6-16(7-5-15)23-13-11-22(12-14-23)10-9-21-18(24)17-3-1-2-8-20-17;;;/h4-7,17,20H,1-3,8-14H2,(H,21,24);3*1H. The van der Waals surface area contributed by atoms with Gasteiger partial charge in [-0.1, -0.05) is 6.42 Å². The fraction of sp³-hybridized carbons (Fsp3) is 0.611. The van der Waals surface area contributed by atoms with Gasteiger partial charge in [-0.3, -0.25) is 9.69 Å². The minimum absolute atomic E-state index is 0. The number of benzene rings is 1. The molecule has 1 aromatic carbocycles. The minimum atomic E-state index is -0.194. The number of carbonyl (C=O) groups is 1. The molecule has 9 heteroatoms. The Morgan fingerprint density at radius 1 is 1.07 bits per heavy atom. The van der Waals surface area contributed by atoms with E-state index in [-0.39, 0.29) is 55.0 Å². The molecule has 156 valence electrons. The summed E-state index contributed by atoms with van der Waals surface area (Å²) in [6, 6.07) is 6.69. The molecule has 1 atom stereocenters. The van der Waals surface area contributed by atoms with E-state index in [1.807, 2.05) is 12.1 Å². The minimum Gasteiger partial charge on any atom is -0.369 e. The fourth-order valence-electron chi connectivity index (χ4n) is 3.42. The number of rotatable bonds is 5. The normalized spacial score (nSPS) is 19.9. The summed E-state index contributed by atoms with van der Waals surface area (Å²) in [7, 11) is 0. The number of carbonyl (C=O) groups excluding carboxylic acids is 1. The Bertz CT molecular complexity index is 536. The average molecular weight is 444 g/mol. The highest BCUT2D eigenvalue weighted by Gasteiger charge is 2.21. The molecule has 0 bridgehead atoms. The Morgan fingerprint density at radius 2 is 1.74 bits per heavy atom. The summed E-state index contributed by atoms with van der Waals surface area (Å²) in [6.45, 7) is 6.34. The van der Waals surface area contributed by atoms with Crippen LogP contribution in [0.15, 0.2) is 24.3 Å². The van der Waals surface area contributed by atoms with Crippen LogP contribution in [0.4, 0.5) is 10.1 Å². The smallest absolute Gasteiger partial charge is 0.237 e. The number of amides is 1. The second-order valence-electron chi connectivity index (χ2n) is 6.60. The van der Waals surface area contributed by atoms with E-state index < -0.39 is 0 Å². The van der Waals surface area contributed by atoms with Crippen molar-refractivity contribution in [2.45, 2.75) is 25.3 Å². The van der Waals surface area contributed by atoms with Gasteiger partial charge in [0.25, 0.3) is 0 Å². The van der Waals surface area contributed by atoms with Gasteiger partial charge in [0, 0.05) is 45.0 Å². The maximum atomic E-state index is 13.0. The van der Waals surface area contributed by atoms with Crippen LogP contribution in [-0.4, -0.2) is 62.7 Å². The fourth-order valence-corrected chi connectivity index (χ4v) is 3.42. The molecule has 0 saturated carbocycles. The van der Waals surface area contributed by atoms with E-state index in [4.69, 9.17) is 0 Å². The first kappa shape index (κ1) is 26.2. The molecule has 1 aromatic rings. The molecule has 0 aromatic heterocycles. The lowest BCUT2D eigenvalue weighted by atomic mass is 10.0. The third-order valence-electron chi connectivity index (χ3n) is 4.92. The number of nitrogens with one attached hydrogen (secondary N) is 2. The van der Waals surface area contributed by atoms with Gasteiger partial charge in [0.1, 0.15) is 5.82 Å². The molecule has 0 aliphatic carbocycles. The second-order valence-corrected chi connectivity index (χ2v) is 6.60. The summed E-state index contributed by atoms with van der Waals surface area (Å²) in [6.07, 6.45) is 3.25. The van der Waals surface area contributed by atoms with E-state index in [2.05, 4.69) is 20.4 Å². The van der Waals surface area contributed by atoms with Crippen molar-refractivity contribution >= 4 is 48.8 Å². The summed E-state index contributed by atoms with van der Waals surface area (Å²) in [4.78, 5) is 16.7. The molecule has 1 amide bonds. The number of halogens is 4. The third-order valence-corrected chi connectivity index (χ3v) is 4.92. The van der Waals surface area contributed by atoms with E-state index in [0.717, 1.165) is 57.8 Å². The van der Waals surface area contributed by atoms with Crippen molar-refractivity contribution in [3.8, 4) is 0 Å². The first-order valence-corrected chi connectivity index (χ1v) is 8.96. The summed E-state index contributed by atoms with van der Waals surface area (Å²) in [5, 5.41) is 6.33. The first-order chi connectivity index (χ1) is 11.7. The highest BCUT2D eigenvalue weighted by molar-refractivity contribution is 5.86. The largest absolute Gasteiger partial charge is 0.369 e. The van der Waals surface area contributed by atoms with Crippen LogP contribution in [0.25, 0.3) is 0 Å². The van der Waals surface area contributed by atoms with E-state index in [1.54, 1.807) is 0 Å². The van der Waals surface area contributed by atoms with Gasteiger partial charge in [-0.2, -0.15) is 0 Å². The zero-order chi connectivity index (χ0) is 16.8. The van der Waals surface area contributed by atoms with Gasteiger partial charge < -0.3 is 15.5 Å². The van der Waals surface area contributed by atoms with E-state index >= 15 is 0 Å². The molecule has 1 unspecified atom stereocenters. The molecule has 0 radical (unpaired) electrons. The van der Waals surface area contributed by atoms with Crippen LogP contribution in [-0.2, 0) is 4.79 Å². The van der Waals surface area contributed by atoms with Crippen LogP contribution in [0.3, 0.4) is 0 Å².